The third-order valence-electron chi connectivity index (χ3n) is 8.25. The minimum absolute atomic E-state index is 0.188. The van der Waals surface area contributed by atoms with Gasteiger partial charge in [-0.3, -0.25) is 0 Å². The van der Waals surface area contributed by atoms with Crippen LogP contribution in [-0.2, 0) is 0 Å². The second-order valence-electron chi connectivity index (χ2n) is 10.5. The van der Waals surface area contributed by atoms with Gasteiger partial charge in [-0.05, 0) is 0 Å². The second kappa shape index (κ2) is 9.69. The van der Waals surface area contributed by atoms with Crippen LogP contribution in [0.25, 0.3) is 21.5 Å². The van der Waals surface area contributed by atoms with Gasteiger partial charge in [-0.2, -0.15) is 0 Å². The van der Waals surface area contributed by atoms with Gasteiger partial charge in [0.1, 0.15) is 0 Å². The van der Waals surface area contributed by atoms with E-state index in [1.807, 2.05) is 97.1 Å². The number of hydrogen-bond donors (Lipinski definition) is 0. The Morgan fingerprint density at radius 3 is 1.18 bits per heavy atom. The molecule has 0 N–H and O–H groups in total. The first-order chi connectivity index (χ1) is 21.7. The van der Waals surface area contributed by atoms with Crippen molar-refractivity contribution < 1.29 is 6.57 Å². The molecule has 0 spiro atoms. The van der Waals surface area contributed by atoms with Crippen LogP contribution in [0, 0.1) is 0 Å². The van der Waals surface area contributed by atoms with E-state index < -0.39 is 17.2 Å². The molecule has 0 saturated carbocycles. The Morgan fingerprint density at radius 1 is 0.432 bits per heavy atom. The van der Waals surface area contributed by atoms with Crippen molar-refractivity contribution in [2.45, 2.75) is 0 Å². The quantitative estimate of drug-likeness (QED) is 0.203. The van der Waals surface area contributed by atoms with E-state index in [2.05, 4.69) is 0 Å². The average Bonchev–Trinajstić information content (AvgIpc) is 3.78. The summed E-state index contributed by atoms with van der Waals surface area (Å²) in [5.41, 5.74) is 4.45. The first-order valence-electron chi connectivity index (χ1n) is 13.8. The predicted molar refractivity (Wildman–Crippen MR) is 169 cm³/mol. The molecule has 2 aromatic heterocycles. The van der Waals surface area contributed by atoms with Gasteiger partial charge < -0.3 is 0 Å². The number of hydrogen-bond acceptors (Lipinski definition) is 6. The zero-order valence-electron chi connectivity index (χ0n) is 22.7. The van der Waals surface area contributed by atoms with Crippen LogP contribution >= 0.6 is 0 Å². The van der Waals surface area contributed by atoms with E-state index in [1.165, 1.54) is 0 Å². The molecule has 0 fully saturated rings. The molecule has 10 rings (SSSR count). The van der Waals surface area contributed by atoms with Gasteiger partial charge in [0.05, 0.1) is 0 Å². The molecular formula is C32H16F2Ga2N8. The minimum atomic E-state index is -4.35. The average molecular weight is 690 g/mol. The fourth-order valence-electron chi connectivity index (χ4n) is 6.37. The number of rotatable bonds is 0. The third kappa shape index (κ3) is 3.47. The number of benzene rings is 4. The van der Waals surface area contributed by atoms with Crippen molar-refractivity contribution in [2.75, 3.05) is 0 Å². The number of aliphatic imine (C=N–C) groups is 4. The Labute approximate surface area is 264 Å². The van der Waals surface area contributed by atoms with Gasteiger partial charge in [0.25, 0.3) is 0 Å². The molecule has 0 unspecified atom stereocenters. The van der Waals surface area contributed by atoms with Gasteiger partial charge in [0.15, 0.2) is 0 Å². The number of halogens is 2. The number of fused-ring (bicyclic) bond motifs is 14. The summed E-state index contributed by atoms with van der Waals surface area (Å²) in [7, 11) is 0. The maximum absolute atomic E-state index is 17.8. The monoisotopic (exact) mass is 688 g/mol. The topological polar surface area (TPSA) is 84.0 Å². The summed E-state index contributed by atoms with van der Waals surface area (Å²) < 4.78 is 30.8. The molecule has 12 heteroatoms. The van der Waals surface area contributed by atoms with Crippen molar-refractivity contribution in [1.82, 2.24) is 6.55 Å². The zero-order valence-corrected chi connectivity index (χ0v) is 27.6. The molecule has 0 aliphatic carbocycles. The van der Waals surface area contributed by atoms with Crippen LogP contribution in [0.4, 0.5) is 18.2 Å². The predicted octanol–water partition coefficient (Wildman–Crippen LogP) is 4.93. The Morgan fingerprint density at radius 2 is 0.773 bits per heavy atom. The van der Waals surface area contributed by atoms with Gasteiger partial charge in [-0.25, -0.2) is 0 Å². The van der Waals surface area contributed by atoms with Crippen LogP contribution in [0.1, 0.15) is 22.3 Å². The molecule has 44 heavy (non-hydrogen) atoms. The summed E-state index contributed by atoms with van der Waals surface area (Å²) in [4.78, 5) is 30.1. The molecule has 4 aromatic carbocycles. The molecule has 204 valence electrons. The Bertz CT molecular complexity index is 2340. The molecule has 4 aliphatic rings. The van der Waals surface area contributed by atoms with Crippen molar-refractivity contribution in [3.63, 3.8) is 0 Å². The number of nitrogens with zero attached hydrogens (tertiary/aromatic N) is 8. The third-order valence-corrected chi connectivity index (χ3v) is 12.1. The van der Waals surface area contributed by atoms with E-state index in [0.717, 1.165) is 43.8 Å². The molecule has 6 heterocycles. The molecule has 0 amide bonds. The summed E-state index contributed by atoms with van der Waals surface area (Å²) >= 11 is -4.16. The Balaban J connectivity index is 0.00000133. The molecule has 2 radical (unpaired) electrons. The summed E-state index contributed by atoms with van der Waals surface area (Å²) in [6.45, 7) is 0. The first-order valence-corrected chi connectivity index (χ1v) is 17.8. The maximum atomic E-state index is 17.8. The number of amidine groups is 4. The Hall–Kier alpha value is -4.63. The van der Waals surface area contributed by atoms with Gasteiger partial charge in [-0.1, -0.05) is 0 Å². The van der Waals surface area contributed by atoms with E-state index in [4.69, 9.17) is 30.0 Å². The van der Waals surface area contributed by atoms with E-state index >= 15 is 3.29 Å². The molecule has 6 aromatic rings. The van der Waals surface area contributed by atoms with Crippen LogP contribution in [0.15, 0.2) is 127 Å². The molecule has 8 nitrogen and oxygen atoms in total. The molecule has 0 atom stereocenters. The summed E-state index contributed by atoms with van der Waals surface area (Å²) in [5, 5.41) is 3.23. The van der Waals surface area contributed by atoms with Crippen molar-refractivity contribution >= 4 is 92.8 Å². The molecular weight excluding hydrogens is 674 g/mol. The van der Waals surface area contributed by atoms with Crippen LogP contribution in [0.5, 0.6) is 0 Å². The van der Waals surface area contributed by atoms with E-state index in [9.17, 15) is 3.29 Å². The van der Waals surface area contributed by atoms with Crippen molar-refractivity contribution in [3.8, 4) is 0 Å². The summed E-state index contributed by atoms with van der Waals surface area (Å²) in [5.74, 6) is 3.04. The van der Waals surface area contributed by atoms with Crippen molar-refractivity contribution in [3.05, 3.63) is 130 Å². The van der Waals surface area contributed by atoms with E-state index in [1.54, 1.807) is 6.55 Å². The van der Waals surface area contributed by atoms with E-state index in [-0.39, 0.29) is 19.1 Å². The molecule has 6 bridgehead atoms. The fourth-order valence-corrected chi connectivity index (χ4v) is 10.2. The second-order valence-corrected chi connectivity index (χ2v) is 14.0. The first kappa shape index (κ1) is 25.8. The Kier molecular flexibility index (Phi) is 5.69. The van der Waals surface area contributed by atoms with Crippen LogP contribution in [0.3, 0.4) is 0 Å². The van der Waals surface area contributed by atoms with Crippen LogP contribution in [0.2, 0.25) is 0 Å². The van der Waals surface area contributed by atoms with Gasteiger partial charge in [0, 0.05) is 0 Å². The SMILES string of the molecule is [F][Ga].[F][Ga]1[n]2c3c4ccccc4c2N=C2N=C(N=c4c5ccccc5c([n]41)=NC1=NC(=N3)c3ccccc31)c1ccccc12. The fraction of sp³-hybridized carbons (Fsp3) is 0. The normalized spacial score (nSPS) is 15.1. The zero-order chi connectivity index (χ0) is 29.5. The number of aromatic nitrogens is 2. The van der Waals surface area contributed by atoms with Gasteiger partial charge >= 0.3 is 266 Å². The van der Waals surface area contributed by atoms with Crippen LogP contribution in [-0.4, -0.2) is 66.2 Å². The van der Waals surface area contributed by atoms with Crippen molar-refractivity contribution in [2.24, 2.45) is 30.0 Å². The van der Waals surface area contributed by atoms with Gasteiger partial charge in [0.2, 0.25) is 0 Å². The standard InChI is InChI=1S/C32H16N8.2FH.2Ga/c1-2-10-18-17(9-1)25-33-26(18)38-28-21-13-5-6-14-22(21)30(35-28)40-32-24-16-8-7-15-23(24)31(36-32)39-29-20-12-4-3-11-19(20)27(34-29)37-25;;;;/h1-16H;2*1H;;/q-2;;;+1;+3/p-2. The van der Waals surface area contributed by atoms with Crippen LogP contribution < -0.4 is 11.0 Å². The summed E-state index contributed by atoms with van der Waals surface area (Å²) in [6, 6.07) is 31.5. The van der Waals surface area contributed by atoms with E-state index in [0.29, 0.717) is 46.0 Å². The van der Waals surface area contributed by atoms with Crippen molar-refractivity contribution in [1.29, 1.82) is 0 Å². The van der Waals surface area contributed by atoms with Gasteiger partial charge in [-0.15, -0.1) is 0 Å². The molecule has 4 aliphatic heterocycles. The molecule has 0 saturated heterocycles. The summed E-state index contributed by atoms with van der Waals surface area (Å²) in [6.07, 6.45) is 0.